The van der Waals surface area contributed by atoms with Crippen LogP contribution in [-0.2, 0) is 33.1 Å². The predicted molar refractivity (Wildman–Crippen MR) is 78.5 cm³/mol. The van der Waals surface area contributed by atoms with Gasteiger partial charge in [0.25, 0.3) is 0 Å². The molecule has 1 aliphatic heterocycles. The number of aromatic nitrogens is 1. The van der Waals surface area contributed by atoms with E-state index in [-0.39, 0.29) is 17.5 Å². The van der Waals surface area contributed by atoms with Crippen LogP contribution in [0.4, 0.5) is 0 Å². The van der Waals surface area contributed by atoms with Crippen LogP contribution >= 0.6 is 0 Å². The van der Waals surface area contributed by atoms with Gasteiger partial charge in [0.05, 0.1) is 30.8 Å². The summed E-state index contributed by atoms with van der Waals surface area (Å²) in [4.78, 5) is 0.273. The van der Waals surface area contributed by atoms with Crippen molar-refractivity contribution in [1.29, 1.82) is 0 Å². The van der Waals surface area contributed by atoms with E-state index in [0.717, 1.165) is 12.2 Å². The minimum absolute atomic E-state index is 0.222. The Morgan fingerprint density at radius 3 is 2.90 bits per heavy atom. The molecule has 2 heterocycles. The second-order valence-electron chi connectivity index (χ2n) is 4.98. The van der Waals surface area contributed by atoms with Gasteiger partial charge in [0.1, 0.15) is 0 Å². The number of rotatable bonds is 7. The van der Waals surface area contributed by atoms with Crippen molar-refractivity contribution in [2.24, 2.45) is 7.05 Å². The number of hydrogen-bond acceptors (Lipinski definition) is 5. The molecule has 1 unspecified atom stereocenters. The van der Waals surface area contributed by atoms with Crippen LogP contribution in [0.3, 0.4) is 0 Å². The topological polar surface area (TPSA) is 81.6 Å². The lowest BCUT2D eigenvalue weighted by atomic mass is 10.3. The monoisotopic (exact) mass is 317 g/mol. The lowest BCUT2D eigenvalue weighted by Crippen LogP contribution is -2.39. The number of hydrogen-bond donors (Lipinski definition) is 2. The summed E-state index contributed by atoms with van der Waals surface area (Å²) in [5.74, 6) is 0. The minimum atomic E-state index is -3.52. The molecule has 1 atom stereocenters. The summed E-state index contributed by atoms with van der Waals surface area (Å²) >= 11 is 0. The van der Waals surface area contributed by atoms with Crippen molar-refractivity contribution in [2.45, 2.75) is 24.5 Å². The Hall–Kier alpha value is -0.930. The van der Waals surface area contributed by atoms with Crippen LogP contribution in [-0.4, -0.2) is 52.0 Å². The second-order valence-corrected chi connectivity index (χ2v) is 6.74. The van der Waals surface area contributed by atoms with Crippen LogP contribution in [0.15, 0.2) is 17.2 Å². The lowest BCUT2D eigenvalue weighted by Gasteiger charge is -2.22. The third-order valence-electron chi connectivity index (χ3n) is 3.34. The van der Waals surface area contributed by atoms with Crippen molar-refractivity contribution < 1.29 is 17.9 Å². The summed E-state index contributed by atoms with van der Waals surface area (Å²) in [5.41, 5.74) is 0.925. The molecular formula is C13H23N3O4S. The number of nitrogens with zero attached hydrogens (tertiary/aromatic N) is 1. The van der Waals surface area contributed by atoms with Crippen LogP contribution in [0.5, 0.6) is 0 Å². The molecule has 7 nitrogen and oxygen atoms in total. The van der Waals surface area contributed by atoms with E-state index in [9.17, 15) is 8.42 Å². The molecule has 0 spiro atoms. The zero-order chi connectivity index (χ0) is 15.3. The molecule has 2 rings (SSSR count). The van der Waals surface area contributed by atoms with Crippen LogP contribution in [0, 0.1) is 0 Å². The summed E-state index contributed by atoms with van der Waals surface area (Å²) in [7, 11) is -1.68. The fourth-order valence-corrected chi connectivity index (χ4v) is 3.25. The van der Waals surface area contributed by atoms with Gasteiger partial charge in [-0.1, -0.05) is 6.92 Å². The van der Waals surface area contributed by atoms with Gasteiger partial charge >= 0.3 is 0 Å². The third-order valence-corrected chi connectivity index (χ3v) is 4.73. The van der Waals surface area contributed by atoms with Gasteiger partial charge in [-0.25, -0.2) is 13.1 Å². The highest BCUT2D eigenvalue weighted by atomic mass is 32.2. The Labute approximate surface area is 125 Å². The van der Waals surface area contributed by atoms with E-state index in [2.05, 4.69) is 10.0 Å². The average Bonchev–Trinajstić information content (AvgIpc) is 2.86. The maximum absolute atomic E-state index is 12.3. The van der Waals surface area contributed by atoms with Crippen LogP contribution in [0.25, 0.3) is 0 Å². The van der Waals surface area contributed by atoms with Crippen LogP contribution < -0.4 is 10.0 Å². The van der Waals surface area contributed by atoms with Crippen LogP contribution in [0.1, 0.15) is 12.6 Å². The molecule has 21 heavy (non-hydrogen) atoms. The molecule has 2 N–H and O–H groups in total. The van der Waals surface area contributed by atoms with Gasteiger partial charge in [-0.3, -0.25) is 0 Å². The SMILES string of the molecule is CCNCc1cc(S(=O)(=O)NCC2COCCO2)cn1C. The van der Waals surface area contributed by atoms with E-state index >= 15 is 0 Å². The normalized spacial score (nSPS) is 19.8. The van der Waals surface area contributed by atoms with Gasteiger partial charge < -0.3 is 19.4 Å². The third kappa shape index (κ3) is 4.52. The molecule has 1 aliphatic rings. The average molecular weight is 317 g/mol. The second kappa shape index (κ2) is 7.37. The Balaban J connectivity index is 1.98. The lowest BCUT2D eigenvalue weighted by molar-refractivity contribution is -0.0846. The van der Waals surface area contributed by atoms with Crippen molar-refractivity contribution in [3.8, 4) is 0 Å². The molecule has 1 fully saturated rings. The van der Waals surface area contributed by atoms with Gasteiger partial charge in [-0.15, -0.1) is 0 Å². The highest BCUT2D eigenvalue weighted by Gasteiger charge is 2.21. The fraction of sp³-hybridized carbons (Fsp3) is 0.692. The Morgan fingerprint density at radius 1 is 1.43 bits per heavy atom. The van der Waals surface area contributed by atoms with Crippen molar-refractivity contribution in [2.75, 3.05) is 32.9 Å². The number of aryl methyl sites for hydroxylation is 1. The Kier molecular flexibility index (Phi) is 5.77. The molecule has 0 bridgehead atoms. The fourth-order valence-electron chi connectivity index (χ4n) is 2.09. The smallest absolute Gasteiger partial charge is 0.242 e. The Bertz CT molecular complexity index is 550. The molecule has 0 saturated carbocycles. The first kappa shape index (κ1) is 16.4. The van der Waals surface area contributed by atoms with E-state index in [1.807, 2.05) is 18.5 Å². The first-order chi connectivity index (χ1) is 10.0. The molecule has 0 aliphatic carbocycles. The van der Waals surface area contributed by atoms with Gasteiger partial charge in [0, 0.05) is 32.0 Å². The predicted octanol–water partition coefficient (Wildman–Crippen LogP) is -0.172. The van der Waals surface area contributed by atoms with E-state index in [1.54, 1.807) is 12.3 Å². The van der Waals surface area contributed by atoms with Crippen LogP contribution in [0.2, 0.25) is 0 Å². The summed E-state index contributed by atoms with van der Waals surface area (Å²) in [6, 6.07) is 1.68. The largest absolute Gasteiger partial charge is 0.376 e. The Morgan fingerprint density at radius 2 is 2.24 bits per heavy atom. The summed E-state index contributed by atoms with van der Waals surface area (Å²) in [6.45, 7) is 5.20. The molecule has 0 amide bonds. The molecular weight excluding hydrogens is 294 g/mol. The van der Waals surface area contributed by atoms with Crippen molar-refractivity contribution >= 4 is 10.0 Å². The first-order valence-electron chi connectivity index (χ1n) is 7.08. The standard InChI is InChI=1S/C13H23N3O4S/c1-3-14-7-11-6-13(9-16(11)2)21(17,18)15-8-12-10-19-4-5-20-12/h6,9,12,14-15H,3-5,7-8,10H2,1-2H3. The molecule has 0 aromatic carbocycles. The van der Waals surface area contributed by atoms with Crippen molar-refractivity contribution in [3.63, 3.8) is 0 Å². The highest BCUT2D eigenvalue weighted by molar-refractivity contribution is 7.89. The van der Waals surface area contributed by atoms with Gasteiger partial charge in [-0.05, 0) is 12.6 Å². The number of ether oxygens (including phenoxy) is 2. The highest BCUT2D eigenvalue weighted by Crippen LogP contribution is 2.13. The number of sulfonamides is 1. The van der Waals surface area contributed by atoms with E-state index in [0.29, 0.717) is 26.4 Å². The molecule has 1 aromatic heterocycles. The molecule has 120 valence electrons. The number of nitrogens with one attached hydrogen (secondary N) is 2. The first-order valence-corrected chi connectivity index (χ1v) is 8.56. The zero-order valence-electron chi connectivity index (χ0n) is 12.5. The molecule has 1 aromatic rings. The van der Waals surface area contributed by atoms with Crippen molar-refractivity contribution in [1.82, 2.24) is 14.6 Å². The summed E-state index contributed by atoms with van der Waals surface area (Å²) in [6.07, 6.45) is 1.39. The van der Waals surface area contributed by atoms with E-state index in [4.69, 9.17) is 9.47 Å². The quantitative estimate of drug-likeness (QED) is 0.730. The van der Waals surface area contributed by atoms with Crippen molar-refractivity contribution in [3.05, 3.63) is 18.0 Å². The van der Waals surface area contributed by atoms with E-state index < -0.39 is 10.0 Å². The van der Waals surface area contributed by atoms with Gasteiger partial charge in [-0.2, -0.15) is 0 Å². The molecule has 1 saturated heterocycles. The maximum atomic E-state index is 12.3. The maximum Gasteiger partial charge on any atom is 0.242 e. The van der Waals surface area contributed by atoms with E-state index in [1.165, 1.54) is 0 Å². The summed E-state index contributed by atoms with van der Waals surface area (Å²) < 4.78 is 39.6. The van der Waals surface area contributed by atoms with Gasteiger partial charge in [0.15, 0.2) is 0 Å². The molecule has 0 radical (unpaired) electrons. The summed E-state index contributed by atoms with van der Waals surface area (Å²) in [5, 5.41) is 3.18. The minimum Gasteiger partial charge on any atom is -0.376 e. The zero-order valence-corrected chi connectivity index (χ0v) is 13.3. The molecule has 8 heteroatoms. The van der Waals surface area contributed by atoms with Gasteiger partial charge in [0.2, 0.25) is 10.0 Å².